The molecule has 0 bridgehead atoms. The SMILES string of the molecule is CCCCCCCCC#C/C=C/CCCCCCCC. The number of rotatable bonds is 13. The van der Waals surface area contributed by atoms with Crippen molar-refractivity contribution in [2.45, 2.75) is 104 Å². The van der Waals surface area contributed by atoms with E-state index in [0.29, 0.717) is 0 Å². The van der Waals surface area contributed by atoms with E-state index in [4.69, 9.17) is 0 Å². The molecule has 0 aromatic carbocycles. The molecule has 0 saturated heterocycles. The van der Waals surface area contributed by atoms with Crippen LogP contribution in [0.3, 0.4) is 0 Å². The molecule has 0 radical (unpaired) electrons. The maximum atomic E-state index is 3.26. The molecule has 0 aromatic rings. The van der Waals surface area contributed by atoms with Crippen molar-refractivity contribution in [3.63, 3.8) is 0 Å². The van der Waals surface area contributed by atoms with Crippen molar-refractivity contribution in [3.05, 3.63) is 12.2 Å². The Bertz CT molecular complexity index is 251. The molecular formula is C20H36. The van der Waals surface area contributed by atoms with Crippen molar-refractivity contribution >= 4 is 0 Å². The molecule has 0 amide bonds. The van der Waals surface area contributed by atoms with Crippen molar-refractivity contribution in [2.75, 3.05) is 0 Å². The van der Waals surface area contributed by atoms with Crippen LogP contribution in [0.2, 0.25) is 0 Å². The molecular weight excluding hydrogens is 240 g/mol. The molecule has 0 aliphatic rings. The molecule has 0 saturated carbocycles. The maximum absolute atomic E-state index is 3.26. The summed E-state index contributed by atoms with van der Waals surface area (Å²) in [4.78, 5) is 0. The molecule has 0 aromatic heterocycles. The quantitative estimate of drug-likeness (QED) is 0.250. The minimum atomic E-state index is 1.08. The third kappa shape index (κ3) is 17.3. The molecule has 20 heavy (non-hydrogen) atoms. The Morgan fingerprint density at radius 3 is 1.85 bits per heavy atom. The maximum Gasteiger partial charge on any atom is 0.00922 e. The third-order valence-electron chi connectivity index (χ3n) is 3.68. The van der Waals surface area contributed by atoms with Crippen LogP contribution in [0.15, 0.2) is 12.2 Å². The fraction of sp³-hybridized carbons (Fsp3) is 0.800. The van der Waals surface area contributed by atoms with Crippen LogP contribution < -0.4 is 0 Å². The predicted molar refractivity (Wildman–Crippen MR) is 92.9 cm³/mol. The van der Waals surface area contributed by atoms with E-state index in [2.05, 4.69) is 37.8 Å². The van der Waals surface area contributed by atoms with Gasteiger partial charge >= 0.3 is 0 Å². The van der Waals surface area contributed by atoms with Gasteiger partial charge in [-0.25, -0.2) is 0 Å². The average molecular weight is 277 g/mol. The van der Waals surface area contributed by atoms with Gasteiger partial charge in [0.25, 0.3) is 0 Å². The van der Waals surface area contributed by atoms with Crippen molar-refractivity contribution in [3.8, 4) is 11.8 Å². The standard InChI is InChI=1S/C20H36/c1-3-5-7-9-11-13-15-17-19-20-18-16-14-12-10-8-6-4-2/h17,19H,3-16H2,1-2H3/b19-17+. The summed E-state index contributed by atoms with van der Waals surface area (Å²) >= 11 is 0. The van der Waals surface area contributed by atoms with Gasteiger partial charge in [0.05, 0.1) is 0 Å². The summed E-state index contributed by atoms with van der Waals surface area (Å²) in [7, 11) is 0. The van der Waals surface area contributed by atoms with Gasteiger partial charge in [-0.1, -0.05) is 96.0 Å². The molecule has 0 aliphatic heterocycles. The molecule has 0 rings (SSSR count). The Balaban J connectivity index is 3.19. The van der Waals surface area contributed by atoms with Gasteiger partial charge in [-0.3, -0.25) is 0 Å². The van der Waals surface area contributed by atoms with E-state index in [9.17, 15) is 0 Å². The van der Waals surface area contributed by atoms with Crippen LogP contribution in [-0.2, 0) is 0 Å². The summed E-state index contributed by atoms with van der Waals surface area (Å²) in [6.45, 7) is 4.54. The molecule has 0 aliphatic carbocycles. The fourth-order valence-electron chi connectivity index (χ4n) is 2.31. The van der Waals surface area contributed by atoms with E-state index >= 15 is 0 Å². The summed E-state index contributed by atoms with van der Waals surface area (Å²) in [5, 5.41) is 0. The van der Waals surface area contributed by atoms with Crippen LogP contribution in [0.1, 0.15) is 104 Å². The van der Waals surface area contributed by atoms with Crippen LogP contribution in [-0.4, -0.2) is 0 Å². The van der Waals surface area contributed by atoms with Crippen LogP contribution >= 0.6 is 0 Å². The molecule has 0 heterocycles. The lowest BCUT2D eigenvalue weighted by Crippen LogP contribution is -1.78. The topological polar surface area (TPSA) is 0 Å². The van der Waals surface area contributed by atoms with Gasteiger partial charge in [-0.2, -0.15) is 0 Å². The number of hydrogen-bond acceptors (Lipinski definition) is 0. The van der Waals surface area contributed by atoms with Crippen molar-refractivity contribution < 1.29 is 0 Å². The average Bonchev–Trinajstić information content (AvgIpc) is 2.47. The van der Waals surface area contributed by atoms with E-state index in [-0.39, 0.29) is 0 Å². The Hall–Kier alpha value is -0.700. The van der Waals surface area contributed by atoms with Crippen molar-refractivity contribution in [1.82, 2.24) is 0 Å². The van der Waals surface area contributed by atoms with Gasteiger partial charge in [0.15, 0.2) is 0 Å². The largest absolute Gasteiger partial charge is 0.0985 e. The predicted octanol–water partition coefficient (Wildman–Crippen LogP) is 7.05. The molecule has 116 valence electrons. The van der Waals surface area contributed by atoms with Crippen LogP contribution in [0.25, 0.3) is 0 Å². The molecule has 0 unspecified atom stereocenters. The highest BCUT2D eigenvalue weighted by atomic mass is 13.9. The monoisotopic (exact) mass is 276 g/mol. The van der Waals surface area contributed by atoms with Gasteiger partial charge in [-0.05, 0) is 25.3 Å². The molecule has 0 heteroatoms. The first kappa shape index (κ1) is 19.3. The van der Waals surface area contributed by atoms with Crippen LogP contribution in [0.4, 0.5) is 0 Å². The highest BCUT2D eigenvalue weighted by Crippen LogP contribution is 2.07. The highest BCUT2D eigenvalue weighted by Gasteiger charge is 1.88. The zero-order valence-corrected chi connectivity index (χ0v) is 14.1. The van der Waals surface area contributed by atoms with Gasteiger partial charge in [0.1, 0.15) is 0 Å². The Kier molecular flexibility index (Phi) is 17.7. The fourth-order valence-corrected chi connectivity index (χ4v) is 2.31. The van der Waals surface area contributed by atoms with Gasteiger partial charge in [-0.15, -0.1) is 0 Å². The molecule has 0 nitrogen and oxygen atoms in total. The highest BCUT2D eigenvalue weighted by molar-refractivity contribution is 5.14. The van der Waals surface area contributed by atoms with Crippen molar-refractivity contribution in [1.29, 1.82) is 0 Å². The van der Waals surface area contributed by atoms with E-state index in [1.807, 2.05) is 0 Å². The van der Waals surface area contributed by atoms with Gasteiger partial charge < -0.3 is 0 Å². The summed E-state index contributed by atoms with van der Waals surface area (Å²) in [5.74, 6) is 6.43. The summed E-state index contributed by atoms with van der Waals surface area (Å²) in [5.41, 5.74) is 0. The third-order valence-corrected chi connectivity index (χ3v) is 3.68. The number of allylic oxidation sites excluding steroid dienone is 2. The zero-order valence-electron chi connectivity index (χ0n) is 14.1. The molecule has 0 atom stereocenters. The van der Waals surface area contributed by atoms with E-state index in [1.165, 1.54) is 83.5 Å². The minimum absolute atomic E-state index is 1.08. The smallest absolute Gasteiger partial charge is 0.00922 e. The molecule has 0 spiro atoms. The van der Waals surface area contributed by atoms with Crippen LogP contribution in [0, 0.1) is 11.8 Å². The lowest BCUT2D eigenvalue weighted by Gasteiger charge is -1.97. The van der Waals surface area contributed by atoms with Crippen LogP contribution in [0.5, 0.6) is 0 Å². The summed E-state index contributed by atoms with van der Waals surface area (Å²) in [6.07, 6.45) is 23.0. The Morgan fingerprint density at radius 2 is 1.20 bits per heavy atom. The first-order chi connectivity index (χ1) is 9.91. The lowest BCUT2D eigenvalue weighted by molar-refractivity contribution is 0.611. The van der Waals surface area contributed by atoms with Crippen molar-refractivity contribution in [2.24, 2.45) is 0 Å². The van der Waals surface area contributed by atoms with E-state index in [1.54, 1.807) is 0 Å². The first-order valence-electron chi connectivity index (χ1n) is 9.05. The second-order valence-corrected chi connectivity index (χ2v) is 5.80. The van der Waals surface area contributed by atoms with E-state index in [0.717, 1.165) is 6.42 Å². The molecule has 0 N–H and O–H groups in total. The number of unbranched alkanes of at least 4 members (excludes halogenated alkanes) is 12. The summed E-state index contributed by atoms with van der Waals surface area (Å²) < 4.78 is 0. The number of hydrogen-bond donors (Lipinski definition) is 0. The lowest BCUT2D eigenvalue weighted by atomic mass is 10.1. The van der Waals surface area contributed by atoms with Gasteiger partial charge in [0.2, 0.25) is 0 Å². The zero-order chi connectivity index (χ0) is 14.7. The Morgan fingerprint density at radius 1 is 0.650 bits per heavy atom. The Labute approximate surface area is 128 Å². The minimum Gasteiger partial charge on any atom is -0.0985 e. The molecule has 0 fully saturated rings. The van der Waals surface area contributed by atoms with E-state index < -0.39 is 0 Å². The second kappa shape index (κ2) is 18.3. The summed E-state index contributed by atoms with van der Waals surface area (Å²) in [6, 6.07) is 0. The first-order valence-corrected chi connectivity index (χ1v) is 9.05. The normalized spacial score (nSPS) is 10.7. The second-order valence-electron chi connectivity index (χ2n) is 5.80. The van der Waals surface area contributed by atoms with Gasteiger partial charge in [0, 0.05) is 6.42 Å².